The standard InChI is InChI=1S/C25H30N4O5S2/c1-5-29-18(14-13-17-11-9-8-10-12-17)27-28-25(29)35-15-19(30)26-22-20(23(31)33-6-2)16(4)21(36-22)24(32)34-7-3/h8-12H,5-7,13-15H2,1-4H3,(H,26,30). The topological polar surface area (TPSA) is 112 Å². The molecule has 0 atom stereocenters. The first kappa shape index (κ1) is 27.4. The van der Waals surface area contributed by atoms with Gasteiger partial charge in [-0.2, -0.15) is 0 Å². The average Bonchev–Trinajstić information content (AvgIpc) is 3.42. The second-order valence-corrected chi connectivity index (χ2v) is 9.63. The Morgan fingerprint density at radius 3 is 2.36 bits per heavy atom. The van der Waals surface area contributed by atoms with Gasteiger partial charge in [0.2, 0.25) is 5.91 Å². The summed E-state index contributed by atoms with van der Waals surface area (Å²) in [5.41, 5.74) is 1.82. The molecule has 36 heavy (non-hydrogen) atoms. The Labute approximate surface area is 218 Å². The molecule has 0 bridgehead atoms. The zero-order valence-corrected chi connectivity index (χ0v) is 22.5. The molecule has 0 spiro atoms. The number of hydrogen-bond acceptors (Lipinski definition) is 9. The van der Waals surface area contributed by atoms with Crippen LogP contribution >= 0.6 is 23.1 Å². The molecule has 3 aromatic rings. The summed E-state index contributed by atoms with van der Waals surface area (Å²) >= 11 is 2.27. The Hall–Kier alpha value is -3.18. The molecule has 0 aliphatic rings. The summed E-state index contributed by atoms with van der Waals surface area (Å²) in [6, 6.07) is 10.2. The summed E-state index contributed by atoms with van der Waals surface area (Å²) in [5, 5.41) is 12.3. The van der Waals surface area contributed by atoms with Gasteiger partial charge in [0.25, 0.3) is 0 Å². The van der Waals surface area contributed by atoms with Crippen LogP contribution in [0.4, 0.5) is 5.00 Å². The van der Waals surface area contributed by atoms with Gasteiger partial charge in [-0.3, -0.25) is 4.79 Å². The molecule has 0 saturated heterocycles. The summed E-state index contributed by atoms with van der Waals surface area (Å²) in [5.74, 6) is -0.552. The lowest BCUT2D eigenvalue weighted by Gasteiger charge is -2.08. The van der Waals surface area contributed by atoms with Crippen molar-refractivity contribution in [2.75, 3.05) is 24.3 Å². The van der Waals surface area contributed by atoms with Gasteiger partial charge in [-0.25, -0.2) is 9.59 Å². The molecular weight excluding hydrogens is 500 g/mol. The lowest BCUT2D eigenvalue weighted by atomic mass is 10.1. The highest BCUT2D eigenvalue weighted by molar-refractivity contribution is 7.99. The minimum absolute atomic E-state index is 0.0603. The number of rotatable bonds is 12. The van der Waals surface area contributed by atoms with Gasteiger partial charge in [0, 0.05) is 13.0 Å². The van der Waals surface area contributed by atoms with E-state index in [-0.39, 0.29) is 40.3 Å². The molecule has 0 saturated carbocycles. The minimum Gasteiger partial charge on any atom is -0.462 e. The van der Waals surface area contributed by atoms with E-state index in [1.807, 2.05) is 29.7 Å². The first-order valence-electron chi connectivity index (χ1n) is 11.8. The number of carbonyl (C=O) groups excluding carboxylic acids is 3. The number of aryl methyl sites for hydroxylation is 2. The van der Waals surface area contributed by atoms with Crippen molar-refractivity contribution in [2.45, 2.75) is 52.2 Å². The third-order valence-electron chi connectivity index (χ3n) is 5.26. The highest BCUT2D eigenvalue weighted by Crippen LogP contribution is 2.34. The molecule has 11 heteroatoms. The van der Waals surface area contributed by atoms with E-state index in [2.05, 4.69) is 27.6 Å². The molecule has 2 heterocycles. The van der Waals surface area contributed by atoms with E-state index < -0.39 is 11.9 Å². The Morgan fingerprint density at radius 1 is 1.00 bits per heavy atom. The highest BCUT2D eigenvalue weighted by atomic mass is 32.2. The number of anilines is 1. The van der Waals surface area contributed by atoms with E-state index in [4.69, 9.17) is 9.47 Å². The number of esters is 2. The van der Waals surface area contributed by atoms with Crippen LogP contribution < -0.4 is 5.32 Å². The summed E-state index contributed by atoms with van der Waals surface area (Å²) in [6.45, 7) is 8.10. The van der Waals surface area contributed by atoms with Gasteiger partial charge in [0.05, 0.1) is 24.5 Å². The lowest BCUT2D eigenvalue weighted by molar-refractivity contribution is -0.113. The lowest BCUT2D eigenvalue weighted by Crippen LogP contribution is -2.17. The molecular formula is C25H30N4O5S2. The zero-order valence-electron chi connectivity index (χ0n) is 20.8. The Bertz CT molecular complexity index is 1210. The average molecular weight is 531 g/mol. The Kier molecular flexibility index (Phi) is 10.1. The van der Waals surface area contributed by atoms with Gasteiger partial charge in [-0.15, -0.1) is 21.5 Å². The van der Waals surface area contributed by atoms with Crippen molar-refractivity contribution in [1.29, 1.82) is 0 Å². The number of thioether (sulfide) groups is 1. The van der Waals surface area contributed by atoms with Crippen molar-refractivity contribution in [3.05, 3.63) is 57.7 Å². The van der Waals surface area contributed by atoms with Crippen LogP contribution in [0.15, 0.2) is 35.5 Å². The number of aromatic nitrogens is 3. The SMILES string of the molecule is CCOC(=O)c1sc(NC(=O)CSc2nnc(CCc3ccccc3)n2CC)c(C(=O)OCC)c1C. The van der Waals surface area contributed by atoms with Crippen LogP contribution in [-0.2, 0) is 33.7 Å². The molecule has 3 rings (SSSR count). The molecule has 0 aliphatic carbocycles. The van der Waals surface area contributed by atoms with Crippen LogP contribution in [0.3, 0.4) is 0 Å². The summed E-state index contributed by atoms with van der Waals surface area (Å²) in [6.07, 6.45) is 1.59. The molecule has 1 N–H and O–H groups in total. The predicted molar refractivity (Wildman–Crippen MR) is 140 cm³/mol. The van der Waals surface area contributed by atoms with Crippen LogP contribution in [-0.4, -0.2) is 51.6 Å². The van der Waals surface area contributed by atoms with E-state index in [0.29, 0.717) is 17.3 Å². The molecule has 1 aromatic carbocycles. The van der Waals surface area contributed by atoms with Gasteiger partial charge in [-0.1, -0.05) is 42.1 Å². The Morgan fingerprint density at radius 2 is 1.69 bits per heavy atom. The zero-order chi connectivity index (χ0) is 26.1. The number of benzene rings is 1. The van der Waals surface area contributed by atoms with Gasteiger partial charge >= 0.3 is 11.9 Å². The fourth-order valence-electron chi connectivity index (χ4n) is 3.56. The normalized spacial score (nSPS) is 10.8. The first-order valence-corrected chi connectivity index (χ1v) is 13.6. The maximum Gasteiger partial charge on any atom is 0.348 e. The number of thiophene rings is 1. The summed E-state index contributed by atoms with van der Waals surface area (Å²) < 4.78 is 12.2. The summed E-state index contributed by atoms with van der Waals surface area (Å²) in [4.78, 5) is 37.9. The maximum absolute atomic E-state index is 12.8. The molecule has 0 radical (unpaired) electrons. The van der Waals surface area contributed by atoms with Crippen LogP contribution in [0, 0.1) is 6.92 Å². The molecule has 0 aliphatic heterocycles. The number of nitrogens with zero attached hydrogens (tertiary/aromatic N) is 3. The van der Waals surface area contributed by atoms with Crippen molar-refractivity contribution < 1.29 is 23.9 Å². The van der Waals surface area contributed by atoms with Gasteiger partial charge < -0.3 is 19.4 Å². The van der Waals surface area contributed by atoms with Crippen molar-refractivity contribution >= 4 is 45.9 Å². The molecule has 192 valence electrons. The van der Waals surface area contributed by atoms with Crippen LogP contribution in [0.25, 0.3) is 0 Å². The molecule has 0 unspecified atom stereocenters. The summed E-state index contributed by atoms with van der Waals surface area (Å²) in [7, 11) is 0. The van der Waals surface area contributed by atoms with Gasteiger partial charge in [0.15, 0.2) is 5.16 Å². The monoisotopic (exact) mass is 530 g/mol. The van der Waals surface area contributed by atoms with Crippen LogP contribution in [0.5, 0.6) is 0 Å². The van der Waals surface area contributed by atoms with E-state index in [9.17, 15) is 14.4 Å². The molecule has 0 fully saturated rings. The number of carbonyl (C=O) groups is 3. The second kappa shape index (κ2) is 13.2. The fraction of sp³-hybridized carbons (Fsp3) is 0.400. The molecule has 9 nitrogen and oxygen atoms in total. The van der Waals surface area contributed by atoms with Crippen molar-refractivity contribution in [2.24, 2.45) is 0 Å². The number of ether oxygens (including phenoxy) is 2. The van der Waals surface area contributed by atoms with Gasteiger partial charge in [0.1, 0.15) is 15.7 Å². The van der Waals surface area contributed by atoms with Crippen LogP contribution in [0.2, 0.25) is 0 Å². The first-order chi connectivity index (χ1) is 17.4. The Balaban J connectivity index is 1.69. The van der Waals surface area contributed by atoms with E-state index >= 15 is 0 Å². The molecule has 1 amide bonds. The second-order valence-electron chi connectivity index (χ2n) is 7.67. The quantitative estimate of drug-likeness (QED) is 0.268. The van der Waals surface area contributed by atoms with Crippen molar-refractivity contribution in [3.63, 3.8) is 0 Å². The number of amides is 1. The van der Waals surface area contributed by atoms with E-state index in [1.165, 1.54) is 17.3 Å². The third kappa shape index (κ3) is 6.73. The number of hydrogen-bond donors (Lipinski definition) is 1. The number of nitrogens with one attached hydrogen (secondary N) is 1. The van der Waals surface area contributed by atoms with Crippen molar-refractivity contribution in [3.8, 4) is 0 Å². The van der Waals surface area contributed by atoms with E-state index in [0.717, 1.165) is 30.0 Å². The maximum atomic E-state index is 12.8. The third-order valence-corrected chi connectivity index (χ3v) is 7.42. The largest absolute Gasteiger partial charge is 0.462 e. The van der Waals surface area contributed by atoms with E-state index in [1.54, 1.807) is 20.8 Å². The highest BCUT2D eigenvalue weighted by Gasteiger charge is 2.27. The minimum atomic E-state index is -0.599. The van der Waals surface area contributed by atoms with Crippen LogP contribution in [0.1, 0.15) is 57.8 Å². The molecule has 2 aromatic heterocycles. The van der Waals surface area contributed by atoms with Crippen molar-refractivity contribution in [1.82, 2.24) is 14.8 Å². The smallest absolute Gasteiger partial charge is 0.348 e. The predicted octanol–water partition coefficient (Wildman–Crippen LogP) is 4.54. The van der Waals surface area contributed by atoms with Gasteiger partial charge in [-0.05, 0) is 45.2 Å². The fourth-order valence-corrected chi connectivity index (χ4v) is 5.49.